The van der Waals surface area contributed by atoms with Crippen molar-refractivity contribution in [1.82, 2.24) is 15.1 Å². The van der Waals surface area contributed by atoms with Crippen LogP contribution in [0.5, 0.6) is 0 Å². The molecule has 0 saturated carbocycles. The number of halogens is 1. The van der Waals surface area contributed by atoms with Crippen LogP contribution < -0.4 is 5.32 Å². The fourth-order valence-electron chi connectivity index (χ4n) is 2.09. The smallest absolute Gasteiger partial charge is 0.320 e. The molecule has 1 aliphatic heterocycles. The molecule has 1 unspecified atom stereocenters. The fraction of sp³-hybridized carbons (Fsp3) is 0.818. The molecular weight excluding hydrogens is 258 g/mol. The zero-order valence-electron chi connectivity index (χ0n) is 10.9. The lowest BCUT2D eigenvalue weighted by atomic mass is 10.1. The molecule has 2 amide bonds. The molecule has 0 aliphatic carbocycles. The summed E-state index contributed by atoms with van der Waals surface area (Å²) in [5.41, 5.74) is 0. The van der Waals surface area contributed by atoms with Gasteiger partial charge in [0.1, 0.15) is 6.04 Å². The Morgan fingerprint density at radius 2 is 1.78 bits per heavy atom. The maximum Gasteiger partial charge on any atom is 0.320 e. The number of amides is 2. The van der Waals surface area contributed by atoms with E-state index in [1.54, 1.807) is 4.90 Å². The average molecular weight is 280 g/mol. The zero-order chi connectivity index (χ0) is 12.8. The van der Waals surface area contributed by atoms with Crippen molar-refractivity contribution in [2.24, 2.45) is 0 Å². The topological polar surface area (TPSA) is 72.9 Å². The second-order valence-corrected chi connectivity index (χ2v) is 4.12. The summed E-state index contributed by atoms with van der Waals surface area (Å²) in [6.07, 6.45) is 0.594. The quantitative estimate of drug-likeness (QED) is 0.791. The number of nitrogens with zero attached hydrogens (tertiary/aromatic N) is 2. The molecule has 1 aliphatic rings. The Kier molecular flexibility index (Phi) is 7.70. The van der Waals surface area contributed by atoms with Crippen molar-refractivity contribution in [1.29, 1.82) is 0 Å². The molecular formula is C11H22ClN3O3. The number of carbonyl (C=O) groups excluding carboxylic acids is 1. The first-order chi connectivity index (χ1) is 8.10. The van der Waals surface area contributed by atoms with Gasteiger partial charge in [-0.25, -0.2) is 4.79 Å². The van der Waals surface area contributed by atoms with Gasteiger partial charge in [0.05, 0.1) is 0 Å². The first-order valence-electron chi connectivity index (χ1n) is 6.09. The number of urea groups is 1. The predicted molar refractivity (Wildman–Crippen MR) is 71.2 cm³/mol. The molecule has 0 aromatic heterocycles. The number of rotatable bonds is 4. The third-order valence-corrected chi connectivity index (χ3v) is 3.04. The van der Waals surface area contributed by atoms with Crippen LogP contribution in [0.1, 0.15) is 20.3 Å². The van der Waals surface area contributed by atoms with Gasteiger partial charge in [-0.3, -0.25) is 9.69 Å². The van der Waals surface area contributed by atoms with E-state index in [0.29, 0.717) is 39.1 Å². The average Bonchev–Trinajstić information content (AvgIpc) is 2.30. The molecule has 7 heteroatoms. The van der Waals surface area contributed by atoms with Crippen molar-refractivity contribution < 1.29 is 14.7 Å². The van der Waals surface area contributed by atoms with Crippen LogP contribution in [0.2, 0.25) is 0 Å². The molecule has 1 fully saturated rings. The number of carboxylic acids is 1. The molecule has 1 saturated heterocycles. The number of hydrogen-bond acceptors (Lipinski definition) is 3. The van der Waals surface area contributed by atoms with Crippen LogP contribution in [0, 0.1) is 0 Å². The van der Waals surface area contributed by atoms with E-state index in [1.807, 2.05) is 18.7 Å². The lowest BCUT2D eigenvalue weighted by Crippen LogP contribution is -2.55. The van der Waals surface area contributed by atoms with Crippen LogP contribution >= 0.6 is 12.4 Å². The van der Waals surface area contributed by atoms with E-state index >= 15 is 0 Å². The Morgan fingerprint density at radius 3 is 2.17 bits per heavy atom. The highest BCUT2D eigenvalue weighted by atomic mass is 35.5. The largest absolute Gasteiger partial charge is 0.480 e. The molecule has 0 radical (unpaired) electrons. The van der Waals surface area contributed by atoms with Gasteiger partial charge >= 0.3 is 12.0 Å². The van der Waals surface area contributed by atoms with Crippen molar-refractivity contribution in [2.45, 2.75) is 26.3 Å². The van der Waals surface area contributed by atoms with Crippen molar-refractivity contribution >= 4 is 24.4 Å². The SMILES string of the molecule is CCNC(=O)N1CCN(C(CC)C(=O)O)CC1.Cl. The normalized spacial score (nSPS) is 17.8. The van der Waals surface area contributed by atoms with Gasteiger partial charge < -0.3 is 15.3 Å². The number of piperazine rings is 1. The van der Waals surface area contributed by atoms with Gasteiger partial charge in [-0.05, 0) is 13.3 Å². The Labute approximate surface area is 114 Å². The number of nitrogens with one attached hydrogen (secondary N) is 1. The minimum Gasteiger partial charge on any atom is -0.480 e. The van der Waals surface area contributed by atoms with E-state index in [-0.39, 0.29) is 18.4 Å². The fourth-order valence-corrected chi connectivity index (χ4v) is 2.09. The highest BCUT2D eigenvalue weighted by Gasteiger charge is 2.28. The molecule has 18 heavy (non-hydrogen) atoms. The van der Waals surface area contributed by atoms with Crippen molar-refractivity contribution in [3.8, 4) is 0 Å². The third kappa shape index (κ3) is 4.34. The van der Waals surface area contributed by atoms with Gasteiger partial charge in [0, 0.05) is 32.7 Å². The summed E-state index contributed by atoms with van der Waals surface area (Å²) in [5, 5.41) is 11.8. The second kappa shape index (κ2) is 8.16. The van der Waals surface area contributed by atoms with E-state index < -0.39 is 12.0 Å². The van der Waals surface area contributed by atoms with Crippen LogP contribution in [0.3, 0.4) is 0 Å². The van der Waals surface area contributed by atoms with Crippen molar-refractivity contribution in [2.75, 3.05) is 32.7 Å². The van der Waals surface area contributed by atoms with Crippen LogP contribution in [0.4, 0.5) is 4.79 Å². The minimum absolute atomic E-state index is 0. The van der Waals surface area contributed by atoms with E-state index in [4.69, 9.17) is 5.11 Å². The van der Waals surface area contributed by atoms with Gasteiger partial charge in [0.2, 0.25) is 0 Å². The zero-order valence-corrected chi connectivity index (χ0v) is 11.7. The Balaban J connectivity index is 0.00000289. The highest BCUT2D eigenvalue weighted by molar-refractivity contribution is 5.85. The van der Waals surface area contributed by atoms with E-state index in [2.05, 4.69) is 5.32 Å². The first kappa shape index (κ1) is 17.0. The van der Waals surface area contributed by atoms with Gasteiger partial charge in [0.15, 0.2) is 0 Å². The maximum absolute atomic E-state index is 11.6. The Morgan fingerprint density at radius 1 is 1.22 bits per heavy atom. The summed E-state index contributed by atoms with van der Waals surface area (Å²) in [6.45, 7) is 6.81. The maximum atomic E-state index is 11.6. The molecule has 0 aromatic carbocycles. The summed E-state index contributed by atoms with van der Waals surface area (Å²) < 4.78 is 0. The minimum atomic E-state index is -0.779. The van der Waals surface area contributed by atoms with Crippen molar-refractivity contribution in [3.63, 3.8) is 0 Å². The summed E-state index contributed by atoms with van der Waals surface area (Å²) in [7, 11) is 0. The first-order valence-corrected chi connectivity index (χ1v) is 6.09. The summed E-state index contributed by atoms with van der Waals surface area (Å²) in [4.78, 5) is 26.2. The third-order valence-electron chi connectivity index (χ3n) is 3.04. The van der Waals surface area contributed by atoms with E-state index in [9.17, 15) is 9.59 Å². The monoisotopic (exact) mass is 279 g/mol. The molecule has 6 nitrogen and oxygen atoms in total. The van der Waals surface area contributed by atoms with Crippen molar-refractivity contribution in [3.05, 3.63) is 0 Å². The molecule has 0 spiro atoms. The number of aliphatic carboxylic acids is 1. The Bertz CT molecular complexity index is 281. The van der Waals surface area contributed by atoms with Crippen LogP contribution in [-0.4, -0.2) is 65.7 Å². The van der Waals surface area contributed by atoms with E-state index in [0.717, 1.165) is 0 Å². The highest BCUT2D eigenvalue weighted by Crippen LogP contribution is 2.09. The standard InChI is InChI=1S/C11H21N3O3.ClH/c1-3-9(10(15)16)13-5-7-14(8-6-13)11(17)12-4-2;/h9H,3-8H2,1-2H3,(H,12,17)(H,15,16);1H. The second-order valence-electron chi connectivity index (χ2n) is 4.12. The number of carboxylic acid groups (broad SMARTS) is 1. The Hall–Kier alpha value is -1.01. The van der Waals surface area contributed by atoms with Gasteiger partial charge in [-0.1, -0.05) is 6.92 Å². The summed E-state index contributed by atoms with van der Waals surface area (Å²) in [5.74, 6) is -0.779. The van der Waals surface area contributed by atoms with E-state index in [1.165, 1.54) is 0 Å². The van der Waals surface area contributed by atoms with Crippen LogP contribution in [0.15, 0.2) is 0 Å². The number of hydrogen-bond donors (Lipinski definition) is 2. The van der Waals surface area contributed by atoms with Gasteiger partial charge in [-0.2, -0.15) is 0 Å². The molecule has 0 aromatic rings. The molecule has 1 heterocycles. The lowest BCUT2D eigenvalue weighted by Gasteiger charge is -2.37. The molecule has 1 atom stereocenters. The van der Waals surface area contributed by atoms with Crippen LogP contribution in [-0.2, 0) is 4.79 Å². The molecule has 106 valence electrons. The summed E-state index contributed by atoms with van der Waals surface area (Å²) in [6, 6.07) is -0.484. The molecule has 2 N–H and O–H groups in total. The molecule has 0 bridgehead atoms. The summed E-state index contributed by atoms with van der Waals surface area (Å²) >= 11 is 0. The molecule has 1 rings (SSSR count). The van der Waals surface area contributed by atoms with Gasteiger partial charge in [0.25, 0.3) is 0 Å². The van der Waals surface area contributed by atoms with Crippen LogP contribution in [0.25, 0.3) is 0 Å². The van der Waals surface area contributed by atoms with Gasteiger partial charge in [-0.15, -0.1) is 12.4 Å². The predicted octanol–water partition coefficient (Wildman–Crippen LogP) is 0.618. The number of carbonyl (C=O) groups is 2. The lowest BCUT2D eigenvalue weighted by molar-refractivity contribution is -0.144.